The Labute approximate surface area is 196 Å². The average Bonchev–Trinajstić information content (AvgIpc) is 3.22. The van der Waals surface area contributed by atoms with Crippen LogP contribution in [0.4, 0.5) is 4.79 Å². The number of carboxylic acid groups (broad SMARTS) is 1. The second kappa shape index (κ2) is 10.2. The number of aliphatic carboxylic acids is 1. The molecular weight excluding hydrogens is 399 g/mol. The third-order valence-corrected chi connectivity index (χ3v) is 4.48. The van der Waals surface area contributed by atoms with Gasteiger partial charge in [0, 0.05) is 37.4 Å². The fraction of sp³-hybridized carbons (Fsp3) is 0.200. The van der Waals surface area contributed by atoms with E-state index in [1.807, 2.05) is 35.2 Å². The average molecular weight is 420 g/mol. The van der Waals surface area contributed by atoms with Crippen LogP contribution < -0.4 is 40.2 Å². The molecule has 0 spiro atoms. The second-order valence-electron chi connectivity index (χ2n) is 6.55. The predicted octanol–water partition coefficient (Wildman–Crippen LogP) is -1.67. The van der Waals surface area contributed by atoms with E-state index in [1.165, 1.54) is 24.2 Å². The summed E-state index contributed by atoms with van der Waals surface area (Å²) < 4.78 is 1.85. The Kier molecular flexibility index (Phi) is 7.99. The first-order valence-corrected chi connectivity index (χ1v) is 8.86. The van der Waals surface area contributed by atoms with E-state index in [0.717, 1.165) is 5.69 Å². The summed E-state index contributed by atoms with van der Waals surface area (Å²) in [6.45, 7) is 0. The number of hydrogen-bond donors (Lipinski definition) is 3. The van der Waals surface area contributed by atoms with Gasteiger partial charge >= 0.3 is 41.6 Å². The van der Waals surface area contributed by atoms with Crippen molar-refractivity contribution in [1.82, 2.24) is 20.1 Å². The van der Waals surface area contributed by atoms with Gasteiger partial charge in [0.1, 0.15) is 0 Å². The van der Waals surface area contributed by atoms with E-state index in [1.54, 1.807) is 18.2 Å². The van der Waals surface area contributed by atoms with Crippen molar-refractivity contribution in [3.05, 3.63) is 66.6 Å². The summed E-state index contributed by atoms with van der Waals surface area (Å²) in [5, 5.41) is 14.1. The third kappa shape index (κ3) is 5.59. The van der Waals surface area contributed by atoms with E-state index in [9.17, 15) is 24.3 Å². The maximum Gasteiger partial charge on any atom is 1.00 e. The monoisotopic (exact) mass is 420 g/mol. The molecule has 0 aliphatic carbocycles. The van der Waals surface area contributed by atoms with Gasteiger partial charge in [0.25, 0.3) is 5.91 Å². The quantitative estimate of drug-likeness (QED) is 0.381. The van der Waals surface area contributed by atoms with Gasteiger partial charge in [-0.1, -0.05) is 12.1 Å². The summed E-state index contributed by atoms with van der Waals surface area (Å²) in [5.74, 6) is -2.22. The fourth-order valence-electron chi connectivity index (χ4n) is 2.98. The van der Waals surface area contributed by atoms with Crippen LogP contribution in [-0.2, 0) is 14.4 Å². The van der Waals surface area contributed by atoms with Gasteiger partial charge in [-0.25, -0.2) is 4.79 Å². The number of nitrogens with zero attached hydrogens (tertiary/aromatic N) is 2. The molecule has 1 unspecified atom stereocenters. The first-order chi connectivity index (χ1) is 13.8. The van der Waals surface area contributed by atoms with Gasteiger partial charge in [-0.2, -0.15) is 0 Å². The van der Waals surface area contributed by atoms with Gasteiger partial charge in [0.2, 0.25) is 0 Å². The topological polar surface area (TPSA) is 121 Å². The molecule has 0 bridgehead atoms. The molecular formula is C20H21N4NaO5. The van der Waals surface area contributed by atoms with Gasteiger partial charge in [0.05, 0.1) is 12.5 Å². The predicted molar refractivity (Wildman–Crippen MR) is 104 cm³/mol. The minimum atomic E-state index is -1.35. The number of urea groups is 1. The minimum absolute atomic E-state index is 0. The molecule has 10 heteroatoms. The zero-order chi connectivity index (χ0) is 21.0. The molecule has 3 amide bonds. The van der Waals surface area contributed by atoms with Crippen molar-refractivity contribution < 1.29 is 55.3 Å². The summed E-state index contributed by atoms with van der Waals surface area (Å²) in [6, 6.07) is 7.78. The molecule has 0 saturated carbocycles. The number of carbonyl (C=O) groups is 4. The SMILES string of the molecule is CN1C=CC(=O)C(NC(=O)N[C@@H](CC(=O)O)c2cccc(-n3cccc3)c2)C1=O.[H-].[Na+]. The summed E-state index contributed by atoms with van der Waals surface area (Å²) >= 11 is 0. The number of aromatic nitrogens is 1. The minimum Gasteiger partial charge on any atom is -1.00 e. The zero-order valence-electron chi connectivity index (χ0n) is 17.6. The van der Waals surface area contributed by atoms with Crippen LogP contribution in [0.3, 0.4) is 0 Å². The fourth-order valence-corrected chi connectivity index (χ4v) is 2.98. The largest absolute Gasteiger partial charge is 1.00 e. The van der Waals surface area contributed by atoms with E-state index >= 15 is 0 Å². The Morgan fingerprint density at radius 2 is 1.90 bits per heavy atom. The number of nitrogens with one attached hydrogen (secondary N) is 2. The number of hydrogen-bond acceptors (Lipinski definition) is 4. The maximum absolute atomic E-state index is 12.4. The van der Waals surface area contributed by atoms with E-state index in [2.05, 4.69) is 10.6 Å². The number of benzene rings is 1. The molecule has 2 aromatic rings. The van der Waals surface area contributed by atoms with Gasteiger partial charge in [-0.3, -0.25) is 14.4 Å². The zero-order valence-corrected chi connectivity index (χ0v) is 18.6. The first kappa shape index (κ1) is 23.4. The molecule has 2 atom stereocenters. The molecule has 0 fully saturated rings. The van der Waals surface area contributed by atoms with Crippen LogP contribution in [-0.4, -0.2) is 51.4 Å². The van der Waals surface area contributed by atoms with Crippen LogP contribution in [0.1, 0.15) is 19.5 Å². The number of carbonyl (C=O) groups excluding carboxylic acids is 3. The normalized spacial score (nSPS) is 16.6. The van der Waals surface area contributed by atoms with Crippen LogP contribution in [0.2, 0.25) is 0 Å². The number of carboxylic acids is 1. The van der Waals surface area contributed by atoms with Crippen LogP contribution in [0.25, 0.3) is 5.69 Å². The van der Waals surface area contributed by atoms with E-state index in [-0.39, 0.29) is 37.4 Å². The second-order valence-corrected chi connectivity index (χ2v) is 6.55. The van der Waals surface area contributed by atoms with Crippen molar-refractivity contribution in [1.29, 1.82) is 0 Å². The maximum atomic E-state index is 12.4. The van der Waals surface area contributed by atoms with Crippen LogP contribution in [0.15, 0.2) is 61.1 Å². The van der Waals surface area contributed by atoms with Crippen LogP contribution >= 0.6 is 0 Å². The number of amides is 3. The Bertz CT molecular complexity index is 980. The van der Waals surface area contributed by atoms with Crippen LogP contribution in [0, 0.1) is 0 Å². The van der Waals surface area contributed by atoms with Crippen molar-refractivity contribution in [3.63, 3.8) is 0 Å². The molecule has 0 saturated heterocycles. The number of likely N-dealkylation sites (N-methyl/N-ethyl adjacent to an activating group) is 1. The summed E-state index contributed by atoms with van der Waals surface area (Å²) in [4.78, 5) is 48.9. The Morgan fingerprint density at radius 3 is 2.57 bits per heavy atom. The van der Waals surface area contributed by atoms with Gasteiger partial charge in [-0.05, 0) is 29.8 Å². The van der Waals surface area contributed by atoms with E-state index < -0.39 is 35.8 Å². The van der Waals surface area contributed by atoms with E-state index in [0.29, 0.717) is 5.56 Å². The Morgan fingerprint density at radius 1 is 1.20 bits per heavy atom. The van der Waals surface area contributed by atoms with Crippen LogP contribution in [0.5, 0.6) is 0 Å². The van der Waals surface area contributed by atoms with Crippen molar-refractivity contribution in [3.8, 4) is 5.69 Å². The third-order valence-electron chi connectivity index (χ3n) is 4.48. The molecule has 152 valence electrons. The smallest absolute Gasteiger partial charge is 1.00 e. The molecule has 1 aromatic carbocycles. The summed E-state index contributed by atoms with van der Waals surface area (Å²) in [7, 11) is 1.47. The summed E-state index contributed by atoms with van der Waals surface area (Å²) in [5.41, 5.74) is 1.38. The number of rotatable bonds is 6. The van der Waals surface area contributed by atoms with Gasteiger partial charge in [0.15, 0.2) is 11.8 Å². The molecule has 9 nitrogen and oxygen atoms in total. The first-order valence-electron chi connectivity index (χ1n) is 8.86. The molecule has 1 aromatic heterocycles. The molecule has 1 aliphatic heterocycles. The molecule has 3 rings (SSSR count). The van der Waals surface area contributed by atoms with Crippen molar-refractivity contribution in [2.24, 2.45) is 0 Å². The van der Waals surface area contributed by atoms with Gasteiger partial charge < -0.3 is 26.6 Å². The Hall–Kier alpha value is -2.88. The number of ketones is 1. The van der Waals surface area contributed by atoms with Gasteiger partial charge in [-0.15, -0.1) is 0 Å². The molecule has 3 N–H and O–H groups in total. The van der Waals surface area contributed by atoms with Crippen molar-refractivity contribution in [2.45, 2.75) is 18.5 Å². The molecule has 30 heavy (non-hydrogen) atoms. The Balaban J connectivity index is 0.00000240. The van der Waals surface area contributed by atoms with Crippen molar-refractivity contribution in [2.75, 3.05) is 7.05 Å². The molecule has 2 heterocycles. The van der Waals surface area contributed by atoms with Crippen molar-refractivity contribution >= 4 is 23.7 Å². The molecule has 0 radical (unpaired) electrons. The summed E-state index contributed by atoms with van der Waals surface area (Å²) in [6.07, 6.45) is 5.84. The van der Waals surface area contributed by atoms with E-state index in [4.69, 9.17) is 0 Å². The standard InChI is InChI=1S/C20H20N4O5.Na.H/c1-23-10-7-16(25)18(19(23)28)22-20(29)21-15(12-17(26)27)13-5-4-6-14(11-13)24-8-2-3-9-24;;/h2-11,15,18H,12H2,1H3,(H,26,27)(H2,21,22,29);;/q;+1;-1/t15-,18?;;/m0../s1. The molecule has 1 aliphatic rings.